The Balaban J connectivity index is 2.72. The molecule has 0 saturated carbocycles. The Morgan fingerprint density at radius 1 is 1.33 bits per heavy atom. The molecule has 0 amide bonds. The van der Waals surface area contributed by atoms with E-state index in [4.69, 9.17) is 9.84 Å². The summed E-state index contributed by atoms with van der Waals surface area (Å²) >= 11 is 3.18. The van der Waals surface area contributed by atoms with Crippen LogP contribution in [0, 0.1) is 0 Å². The molecule has 1 aromatic carbocycles. The van der Waals surface area contributed by atoms with E-state index in [0.717, 1.165) is 19.3 Å². The highest BCUT2D eigenvalue weighted by atomic mass is 79.9. The van der Waals surface area contributed by atoms with Gasteiger partial charge in [0.1, 0.15) is 11.3 Å². The van der Waals surface area contributed by atoms with E-state index in [1.807, 2.05) is 6.92 Å². The fraction of sp³-hybridized carbons (Fsp3) is 0.385. The minimum Gasteiger partial charge on any atom is -0.478 e. The number of benzene rings is 1. The number of aromatic carboxylic acids is 1. The van der Waals surface area contributed by atoms with Crippen LogP contribution in [0.1, 0.15) is 43.0 Å². The van der Waals surface area contributed by atoms with Gasteiger partial charge in [-0.05, 0) is 24.6 Å². The average Bonchev–Trinajstić information content (AvgIpc) is 2.31. The molecule has 0 unspecified atom stereocenters. The van der Waals surface area contributed by atoms with E-state index < -0.39 is 11.9 Å². The highest BCUT2D eigenvalue weighted by molar-refractivity contribution is 9.10. The van der Waals surface area contributed by atoms with E-state index >= 15 is 0 Å². The highest BCUT2D eigenvalue weighted by Gasteiger charge is 2.14. The fourth-order valence-corrected chi connectivity index (χ4v) is 1.81. The number of carboxylic acids is 1. The third-order valence-corrected chi connectivity index (χ3v) is 2.87. The number of unbranched alkanes of at least 4 members (excludes halogenated alkanes) is 2. The lowest BCUT2D eigenvalue weighted by molar-refractivity contribution is -0.134. The van der Waals surface area contributed by atoms with Crippen molar-refractivity contribution in [1.29, 1.82) is 0 Å². The molecule has 0 bridgehead atoms. The van der Waals surface area contributed by atoms with Gasteiger partial charge < -0.3 is 9.84 Å². The predicted molar refractivity (Wildman–Crippen MR) is 70.9 cm³/mol. The van der Waals surface area contributed by atoms with Crippen LogP contribution in [-0.2, 0) is 4.79 Å². The van der Waals surface area contributed by atoms with Gasteiger partial charge in [-0.15, -0.1) is 0 Å². The van der Waals surface area contributed by atoms with Gasteiger partial charge in [-0.2, -0.15) is 0 Å². The van der Waals surface area contributed by atoms with Gasteiger partial charge in [-0.3, -0.25) is 4.79 Å². The minimum atomic E-state index is -1.12. The number of esters is 1. The zero-order valence-electron chi connectivity index (χ0n) is 10.1. The van der Waals surface area contributed by atoms with Crippen molar-refractivity contribution in [1.82, 2.24) is 0 Å². The molecule has 0 heterocycles. The molecular formula is C13H15BrO4. The zero-order chi connectivity index (χ0) is 13.5. The Morgan fingerprint density at radius 2 is 2.06 bits per heavy atom. The molecule has 98 valence electrons. The molecule has 0 saturated heterocycles. The van der Waals surface area contributed by atoms with E-state index in [-0.39, 0.29) is 11.3 Å². The van der Waals surface area contributed by atoms with E-state index in [2.05, 4.69) is 15.9 Å². The molecule has 1 rings (SSSR count). The summed E-state index contributed by atoms with van der Waals surface area (Å²) < 4.78 is 5.70. The van der Waals surface area contributed by atoms with Gasteiger partial charge in [0.15, 0.2) is 0 Å². The summed E-state index contributed by atoms with van der Waals surface area (Å²) in [5.74, 6) is -1.42. The second-order valence-corrected chi connectivity index (χ2v) is 4.79. The quantitative estimate of drug-likeness (QED) is 0.494. The maximum absolute atomic E-state index is 11.5. The van der Waals surface area contributed by atoms with Crippen LogP contribution in [-0.4, -0.2) is 17.0 Å². The Labute approximate surface area is 114 Å². The van der Waals surface area contributed by atoms with Crippen molar-refractivity contribution in [2.45, 2.75) is 32.6 Å². The topological polar surface area (TPSA) is 63.6 Å². The van der Waals surface area contributed by atoms with Gasteiger partial charge >= 0.3 is 11.9 Å². The molecule has 1 N–H and O–H groups in total. The summed E-state index contributed by atoms with van der Waals surface area (Å²) in [6.07, 6.45) is 3.05. The molecule has 0 atom stereocenters. The van der Waals surface area contributed by atoms with E-state index in [9.17, 15) is 9.59 Å². The maximum atomic E-state index is 11.5. The van der Waals surface area contributed by atoms with E-state index in [0.29, 0.717) is 10.9 Å². The van der Waals surface area contributed by atoms with Gasteiger partial charge in [0, 0.05) is 10.9 Å². The molecule has 0 aliphatic heterocycles. The monoisotopic (exact) mass is 314 g/mol. The fourth-order valence-electron chi connectivity index (χ4n) is 1.45. The largest absolute Gasteiger partial charge is 0.478 e. The standard InChI is InChI=1S/C13H15BrO4/c1-2-3-4-5-12(15)18-11-7-6-9(14)8-10(11)13(16)17/h6-8H,2-5H2,1H3,(H,16,17). The third kappa shape index (κ3) is 4.49. The van der Waals surface area contributed by atoms with Crippen molar-refractivity contribution >= 4 is 27.9 Å². The minimum absolute atomic E-state index is 0.0202. The summed E-state index contributed by atoms with van der Waals surface area (Å²) in [6.45, 7) is 2.04. The molecule has 0 aliphatic carbocycles. The van der Waals surface area contributed by atoms with Crippen LogP contribution in [0.4, 0.5) is 0 Å². The molecule has 5 heteroatoms. The highest BCUT2D eigenvalue weighted by Crippen LogP contribution is 2.23. The number of carbonyl (C=O) groups is 2. The van der Waals surface area contributed by atoms with E-state index in [1.165, 1.54) is 12.1 Å². The normalized spacial score (nSPS) is 10.1. The lowest BCUT2D eigenvalue weighted by Gasteiger charge is -2.07. The molecule has 18 heavy (non-hydrogen) atoms. The number of carboxylic acid groups (broad SMARTS) is 1. The van der Waals surface area contributed by atoms with Gasteiger partial charge in [-0.1, -0.05) is 35.7 Å². The van der Waals surface area contributed by atoms with Crippen LogP contribution < -0.4 is 4.74 Å². The number of carbonyl (C=O) groups excluding carboxylic acids is 1. The lowest BCUT2D eigenvalue weighted by Crippen LogP contribution is -2.10. The Kier molecular flexibility index (Phi) is 5.85. The van der Waals surface area contributed by atoms with Crippen LogP contribution in [0.5, 0.6) is 5.75 Å². The first-order valence-corrected chi connectivity index (χ1v) is 6.57. The van der Waals surface area contributed by atoms with Gasteiger partial charge in [0.05, 0.1) is 0 Å². The second kappa shape index (κ2) is 7.16. The average molecular weight is 315 g/mol. The van der Waals surface area contributed by atoms with Crippen molar-refractivity contribution < 1.29 is 19.4 Å². The first kappa shape index (κ1) is 14.7. The van der Waals surface area contributed by atoms with Crippen molar-refractivity contribution in [3.8, 4) is 5.75 Å². The molecule has 0 aromatic heterocycles. The van der Waals surface area contributed by atoms with Crippen LogP contribution >= 0.6 is 15.9 Å². The van der Waals surface area contributed by atoms with Crippen molar-refractivity contribution in [3.63, 3.8) is 0 Å². The number of hydrogen-bond donors (Lipinski definition) is 1. The summed E-state index contributed by atoms with van der Waals surface area (Å²) in [5.41, 5.74) is -0.0202. The van der Waals surface area contributed by atoms with Crippen molar-refractivity contribution in [3.05, 3.63) is 28.2 Å². The van der Waals surface area contributed by atoms with Crippen molar-refractivity contribution in [2.75, 3.05) is 0 Å². The van der Waals surface area contributed by atoms with Crippen LogP contribution in [0.3, 0.4) is 0 Å². The summed E-state index contributed by atoms with van der Waals surface area (Å²) in [7, 11) is 0. The molecule has 0 fully saturated rings. The first-order valence-electron chi connectivity index (χ1n) is 5.78. The third-order valence-electron chi connectivity index (χ3n) is 2.38. The lowest BCUT2D eigenvalue weighted by atomic mass is 10.2. The van der Waals surface area contributed by atoms with Gasteiger partial charge in [0.25, 0.3) is 0 Å². The molecular weight excluding hydrogens is 300 g/mol. The van der Waals surface area contributed by atoms with Crippen LogP contribution in [0.2, 0.25) is 0 Å². The number of ether oxygens (including phenoxy) is 1. The summed E-state index contributed by atoms with van der Waals surface area (Å²) in [5, 5.41) is 9.00. The van der Waals surface area contributed by atoms with Crippen LogP contribution in [0.15, 0.2) is 22.7 Å². The van der Waals surface area contributed by atoms with Gasteiger partial charge in [-0.25, -0.2) is 4.79 Å². The number of halogens is 1. The summed E-state index contributed by atoms with van der Waals surface area (Å²) in [4.78, 5) is 22.5. The first-order chi connectivity index (χ1) is 8.54. The Bertz CT molecular complexity index is 443. The number of rotatable bonds is 6. The summed E-state index contributed by atoms with van der Waals surface area (Å²) in [6, 6.07) is 4.53. The van der Waals surface area contributed by atoms with Gasteiger partial charge in [0.2, 0.25) is 0 Å². The molecule has 4 nitrogen and oxygen atoms in total. The smallest absolute Gasteiger partial charge is 0.339 e. The molecule has 0 spiro atoms. The number of hydrogen-bond acceptors (Lipinski definition) is 3. The second-order valence-electron chi connectivity index (χ2n) is 3.88. The SMILES string of the molecule is CCCCCC(=O)Oc1ccc(Br)cc1C(=O)O. The van der Waals surface area contributed by atoms with E-state index in [1.54, 1.807) is 6.07 Å². The Morgan fingerprint density at radius 3 is 2.67 bits per heavy atom. The molecule has 0 aliphatic rings. The molecule has 0 radical (unpaired) electrons. The maximum Gasteiger partial charge on any atom is 0.339 e. The van der Waals surface area contributed by atoms with Crippen molar-refractivity contribution in [2.24, 2.45) is 0 Å². The molecule has 1 aromatic rings. The predicted octanol–water partition coefficient (Wildman–Crippen LogP) is 3.63. The van der Waals surface area contributed by atoms with Crippen LogP contribution in [0.25, 0.3) is 0 Å². The zero-order valence-corrected chi connectivity index (χ0v) is 11.7. The Hall–Kier alpha value is -1.36.